The van der Waals surface area contributed by atoms with Gasteiger partial charge >= 0.3 is 0 Å². The first-order valence-electron chi connectivity index (χ1n) is 6.33. The SMILES string of the molecule is CCCNc1ncc(F)c(OCc2ccccc2Br)n1. The number of nitrogens with one attached hydrogen (secondary N) is 1. The second kappa shape index (κ2) is 7.19. The van der Waals surface area contributed by atoms with Crippen molar-refractivity contribution in [1.29, 1.82) is 0 Å². The minimum atomic E-state index is -0.570. The van der Waals surface area contributed by atoms with Gasteiger partial charge in [0, 0.05) is 16.6 Å². The molecule has 0 fully saturated rings. The van der Waals surface area contributed by atoms with Crippen LogP contribution in [-0.2, 0) is 6.61 Å². The summed E-state index contributed by atoms with van der Waals surface area (Å²) in [4.78, 5) is 7.88. The zero-order valence-electron chi connectivity index (χ0n) is 11.1. The first-order valence-corrected chi connectivity index (χ1v) is 7.12. The lowest BCUT2D eigenvalue weighted by atomic mass is 10.2. The fourth-order valence-electron chi connectivity index (χ4n) is 1.54. The van der Waals surface area contributed by atoms with Gasteiger partial charge in [0.25, 0.3) is 5.88 Å². The third kappa shape index (κ3) is 3.90. The highest BCUT2D eigenvalue weighted by Crippen LogP contribution is 2.20. The van der Waals surface area contributed by atoms with E-state index in [4.69, 9.17) is 4.74 Å². The molecule has 1 aromatic carbocycles. The van der Waals surface area contributed by atoms with Gasteiger partial charge in [-0.05, 0) is 12.5 Å². The second-order valence-corrected chi connectivity index (χ2v) is 5.01. The van der Waals surface area contributed by atoms with E-state index in [-0.39, 0.29) is 12.5 Å². The Morgan fingerprint density at radius 2 is 2.15 bits per heavy atom. The first kappa shape index (κ1) is 14.7. The minimum Gasteiger partial charge on any atom is -0.471 e. The summed E-state index contributed by atoms with van der Waals surface area (Å²) in [6, 6.07) is 7.61. The first-order chi connectivity index (χ1) is 9.70. The Balaban J connectivity index is 2.07. The van der Waals surface area contributed by atoms with Gasteiger partial charge in [0.2, 0.25) is 11.8 Å². The fraction of sp³-hybridized carbons (Fsp3) is 0.286. The Morgan fingerprint density at radius 1 is 1.35 bits per heavy atom. The van der Waals surface area contributed by atoms with Crippen LogP contribution in [0, 0.1) is 5.82 Å². The Labute approximate surface area is 125 Å². The summed E-state index contributed by atoms with van der Waals surface area (Å²) in [5.74, 6) is -0.246. The number of halogens is 2. The molecule has 0 aliphatic rings. The van der Waals surface area contributed by atoms with Crippen LogP contribution in [0.5, 0.6) is 5.88 Å². The van der Waals surface area contributed by atoms with Crippen LogP contribution in [-0.4, -0.2) is 16.5 Å². The number of nitrogens with zero attached hydrogens (tertiary/aromatic N) is 2. The maximum Gasteiger partial charge on any atom is 0.255 e. The van der Waals surface area contributed by atoms with Crippen molar-refractivity contribution < 1.29 is 9.13 Å². The molecule has 1 aromatic heterocycles. The van der Waals surface area contributed by atoms with Gasteiger partial charge in [-0.3, -0.25) is 0 Å². The number of hydrogen-bond acceptors (Lipinski definition) is 4. The lowest BCUT2D eigenvalue weighted by Gasteiger charge is -2.09. The third-order valence-electron chi connectivity index (χ3n) is 2.57. The summed E-state index contributed by atoms with van der Waals surface area (Å²) in [5.41, 5.74) is 0.925. The molecule has 0 unspecified atom stereocenters. The molecule has 0 aliphatic heterocycles. The van der Waals surface area contributed by atoms with E-state index in [2.05, 4.69) is 31.2 Å². The molecule has 2 rings (SSSR count). The average Bonchev–Trinajstić information content (AvgIpc) is 2.46. The molecule has 0 saturated carbocycles. The quantitative estimate of drug-likeness (QED) is 0.869. The number of aromatic nitrogens is 2. The maximum absolute atomic E-state index is 13.6. The van der Waals surface area contributed by atoms with Crippen molar-refractivity contribution in [2.45, 2.75) is 20.0 Å². The normalized spacial score (nSPS) is 10.3. The van der Waals surface area contributed by atoms with Gasteiger partial charge < -0.3 is 10.1 Å². The highest BCUT2D eigenvalue weighted by atomic mass is 79.9. The smallest absolute Gasteiger partial charge is 0.255 e. The zero-order chi connectivity index (χ0) is 14.4. The van der Waals surface area contributed by atoms with Gasteiger partial charge in [0.15, 0.2) is 0 Å². The molecule has 20 heavy (non-hydrogen) atoms. The van der Waals surface area contributed by atoms with Gasteiger partial charge in [-0.1, -0.05) is 41.1 Å². The third-order valence-corrected chi connectivity index (χ3v) is 3.34. The number of benzene rings is 1. The molecule has 0 atom stereocenters. The van der Waals surface area contributed by atoms with E-state index in [9.17, 15) is 4.39 Å². The van der Waals surface area contributed by atoms with Crippen LogP contribution in [0.4, 0.5) is 10.3 Å². The summed E-state index contributed by atoms with van der Waals surface area (Å²) in [6.45, 7) is 3.00. The van der Waals surface area contributed by atoms with Crippen LogP contribution in [0.25, 0.3) is 0 Å². The molecular formula is C14H15BrFN3O. The summed E-state index contributed by atoms with van der Waals surface area (Å²) < 4.78 is 19.9. The van der Waals surface area contributed by atoms with Crippen LogP contribution in [0.3, 0.4) is 0 Å². The fourth-order valence-corrected chi connectivity index (χ4v) is 1.94. The van der Waals surface area contributed by atoms with E-state index >= 15 is 0 Å². The van der Waals surface area contributed by atoms with Crippen molar-refractivity contribution in [3.63, 3.8) is 0 Å². The Hall–Kier alpha value is -1.69. The van der Waals surface area contributed by atoms with Gasteiger partial charge in [-0.2, -0.15) is 9.37 Å². The molecule has 0 saturated heterocycles. The van der Waals surface area contributed by atoms with Crippen LogP contribution >= 0.6 is 15.9 Å². The molecule has 4 nitrogen and oxygen atoms in total. The van der Waals surface area contributed by atoms with E-state index in [1.165, 1.54) is 0 Å². The second-order valence-electron chi connectivity index (χ2n) is 4.15. The summed E-state index contributed by atoms with van der Waals surface area (Å²) in [5, 5.41) is 2.99. The highest BCUT2D eigenvalue weighted by Gasteiger charge is 2.09. The van der Waals surface area contributed by atoms with Crippen molar-refractivity contribution in [3.05, 3.63) is 46.3 Å². The predicted octanol–water partition coefficient (Wildman–Crippen LogP) is 3.78. The molecule has 1 heterocycles. The van der Waals surface area contributed by atoms with Crippen molar-refractivity contribution >= 4 is 21.9 Å². The number of anilines is 1. The van der Waals surface area contributed by atoms with Crippen LogP contribution in [0.2, 0.25) is 0 Å². The number of rotatable bonds is 6. The monoisotopic (exact) mass is 339 g/mol. The molecule has 0 amide bonds. The van der Waals surface area contributed by atoms with Gasteiger partial charge in [0.1, 0.15) is 6.61 Å². The lowest BCUT2D eigenvalue weighted by molar-refractivity contribution is 0.276. The summed E-state index contributed by atoms with van der Waals surface area (Å²) >= 11 is 3.42. The van der Waals surface area contributed by atoms with E-state index in [1.807, 2.05) is 31.2 Å². The van der Waals surface area contributed by atoms with Crippen molar-refractivity contribution in [1.82, 2.24) is 9.97 Å². The molecule has 0 bridgehead atoms. The molecule has 106 valence electrons. The molecule has 0 spiro atoms. The summed E-state index contributed by atoms with van der Waals surface area (Å²) in [7, 11) is 0. The number of hydrogen-bond donors (Lipinski definition) is 1. The molecule has 2 aromatic rings. The maximum atomic E-state index is 13.6. The van der Waals surface area contributed by atoms with Crippen molar-refractivity contribution in [3.8, 4) is 5.88 Å². The van der Waals surface area contributed by atoms with Crippen molar-refractivity contribution in [2.75, 3.05) is 11.9 Å². The van der Waals surface area contributed by atoms with Crippen molar-refractivity contribution in [2.24, 2.45) is 0 Å². The predicted molar refractivity (Wildman–Crippen MR) is 79.2 cm³/mol. The minimum absolute atomic E-state index is 0.0469. The standard InChI is InChI=1S/C14H15BrFN3O/c1-2-7-17-14-18-8-12(16)13(19-14)20-9-10-5-3-4-6-11(10)15/h3-6,8H,2,7,9H2,1H3,(H,17,18,19). The van der Waals surface area contributed by atoms with E-state index in [1.54, 1.807) is 0 Å². The topological polar surface area (TPSA) is 47.0 Å². The average molecular weight is 340 g/mol. The van der Waals surface area contributed by atoms with Gasteiger partial charge in [-0.15, -0.1) is 0 Å². The molecule has 0 aliphatic carbocycles. The largest absolute Gasteiger partial charge is 0.471 e. The Morgan fingerprint density at radius 3 is 2.90 bits per heavy atom. The van der Waals surface area contributed by atoms with Gasteiger partial charge in [0.05, 0.1) is 6.20 Å². The molecule has 1 N–H and O–H groups in total. The van der Waals surface area contributed by atoms with E-state index in [0.717, 1.165) is 29.2 Å². The van der Waals surface area contributed by atoms with Crippen LogP contribution < -0.4 is 10.1 Å². The van der Waals surface area contributed by atoms with Gasteiger partial charge in [-0.25, -0.2) is 4.98 Å². The number of ether oxygens (including phenoxy) is 1. The van der Waals surface area contributed by atoms with E-state index in [0.29, 0.717) is 5.95 Å². The molecule has 0 radical (unpaired) electrons. The Bertz CT molecular complexity index is 580. The van der Waals surface area contributed by atoms with Crippen LogP contribution in [0.1, 0.15) is 18.9 Å². The molecular weight excluding hydrogens is 325 g/mol. The van der Waals surface area contributed by atoms with Crippen LogP contribution in [0.15, 0.2) is 34.9 Å². The highest BCUT2D eigenvalue weighted by molar-refractivity contribution is 9.10. The Kier molecular flexibility index (Phi) is 5.29. The zero-order valence-corrected chi connectivity index (χ0v) is 12.7. The molecule has 6 heteroatoms. The lowest BCUT2D eigenvalue weighted by Crippen LogP contribution is -2.07. The summed E-state index contributed by atoms with van der Waals surface area (Å²) in [6.07, 6.45) is 2.05. The van der Waals surface area contributed by atoms with E-state index < -0.39 is 5.82 Å².